The molecule has 16 nitrogen and oxygen atoms in total. The summed E-state index contributed by atoms with van der Waals surface area (Å²) in [5.74, 6) is -1.13. The number of fused-ring (bicyclic) bond motifs is 4. The van der Waals surface area contributed by atoms with Gasteiger partial charge in [-0.15, -0.1) is 0 Å². The van der Waals surface area contributed by atoms with Crippen LogP contribution in [0, 0.1) is 0 Å². The number of rotatable bonds is 8. The third kappa shape index (κ3) is 7.96. The minimum absolute atomic E-state index is 0.0113. The van der Waals surface area contributed by atoms with Gasteiger partial charge < -0.3 is 40.6 Å². The second kappa shape index (κ2) is 18.1. The summed E-state index contributed by atoms with van der Waals surface area (Å²) in [6, 6.07) is 13.5. The van der Waals surface area contributed by atoms with Crippen LogP contribution in [0.1, 0.15) is 55.3 Å². The number of nitrogens with zero attached hydrogens (tertiary/aromatic N) is 4. The number of aromatic nitrogens is 2. The number of benzene rings is 4. The lowest BCUT2D eigenvalue weighted by molar-refractivity contribution is 0.0943. The van der Waals surface area contributed by atoms with Gasteiger partial charge in [0.15, 0.2) is 0 Å². The predicted octanol–water partition coefficient (Wildman–Crippen LogP) is 8.10. The van der Waals surface area contributed by atoms with Crippen molar-refractivity contribution < 1.29 is 19.8 Å². The second-order valence-corrected chi connectivity index (χ2v) is 18.2. The van der Waals surface area contributed by atoms with E-state index in [4.69, 9.17) is 103 Å². The van der Waals surface area contributed by atoms with E-state index in [0.29, 0.717) is 21.8 Å². The van der Waals surface area contributed by atoms with Gasteiger partial charge in [0.2, 0.25) is 0 Å². The molecule has 1 saturated heterocycles. The van der Waals surface area contributed by atoms with Gasteiger partial charge in [-0.2, -0.15) is 10.2 Å². The third-order valence-corrected chi connectivity index (χ3v) is 15.1. The number of aromatic amines is 2. The Kier molecular flexibility index (Phi) is 12.5. The molecule has 24 heteroatoms. The number of piperazine rings is 1. The Morgan fingerprint density at radius 3 is 1.27 bits per heavy atom. The van der Waals surface area contributed by atoms with Crippen LogP contribution in [0.5, 0.6) is 11.5 Å². The van der Waals surface area contributed by atoms with Crippen LogP contribution in [0.4, 0.5) is 0 Å². The third-order valence-electron chi connectivity index (χ3n) is 11.5. The normalized spacial score (nSPS) is 17.3. The summed E-state index contributed by atoms with van der Waals surface area (Å²) in [5, 5.41) is 38.0. The number of halogens is 8. The molecule has 5 heterocycles. The standard InChI is InChI=1S/C42H30Cl8N10O6/c43-27-23-25(29(45)33(49)31(27)47)41(65)53-37(23)57-55-21(13-17-35(61)15-5-1-3-7-19(15)51-39(17)63)59-9-11-60(12-10-59)22(14-18-36(62)16-6-2-4-8-20(16)52-40(18)64)56-58-38-24-26(42(66)54-38)30(46)34(50)32(48)28(24)44/h1-8,37-38,57-58H,9-14H2,(H,53,65)(H,54,66)(H2,51,61,63)(H2,52,62,64)/b55-21+,56-22+. The zero-order chi connectivity index (χ0) is 46.9. The molecule has 340 valence electrons. The van der Waals surface area contributed by atoms with Crippen LogP contribution in [0.25, 0.3) is 21.8 Å². The highest BCUT2D eigenvalue weighted by Gasteiger charge is 2.38. The first kappa shape index (κ1) is 45.8. The second-order valence-electron chi connectivity index (χ2n) is 15.2. The lowest BCUT2D eigenvalue weighted by atomic mass is 10.1. The van der Waals surface area contributed by atoms with Crippen LogP contribution in [-0.2, 0) is 12.8 Å². The van der Waals surface area contributed by atoms with Crippen LogP contribution in [0.15, 0.2) is 68.3 Å². The molecule has 3 aliphatic heterocycles. The van der Waals surface area contributed by atoms with Crippen molar-refractivity contribution in [1.82, 2.24) is 41.3 Å². The zero-order valence-corrected chi connectivity index (χ0v) is 39.4. The molecule has 1 fully saturated rings. The van der Waals surface area contributed by atoms with Gasteiger partial charge in [0.1, 0.15) is 35.5 Å². The monoisotopic (exact) mass is 1050 g/mol. The number of aromatic hydroxyl groups is 2. The molecule has 2 aromatic heterocycles. The lowest BCUT2D eigenvalue weighted by Crippen LogP contribution is -2.52. The molecular weight excluding hydrogens is 1020 g/mol. The Labute approximate surface area is 412 Å². The summed E-state index contributed by atoms with van der Waals surface area (Å²) in [6.07, 6.45) is -2.47. The molecule has 0 spiro atoms. The lowest BCUT2D eigenvalue weighted by Gasteiger charge is -2.38. The van der Waals surface area contributed by atoms with E-state index in [9.17, 15) is 29.4 Å². The van der Waals surface area contributed by atoms with Crippen molar-refractivity contribution in [3.63, 3.8) is 0 Å². The van der Waals surface area contributed by atoms with Crippen molar-refractivity contribution in [2.75, 3.05) is 26.2 Å². The molecule has 0 bridgehead atoms. The molecule has 9 rings (SSSR count). The minimum atomic E-state index is -1.04. The van der Waals surface area contributed by atoms with Crippen LogP contribution >= 0.6 is 92.8 Å². The fourth-order valence-corrected chi connectivity index (χ4v) is 10.3. The van der Waals surface area contributed by atoms with Crippen molar-refractivity contribution in [2.24, 2.45) is 10.2 Å². The van der Waals surface area contributed by atoms with Gasteiger partial charge in [-0.05, 0) is 24.3 Å². The quantitative estimate of drug-likeness (QED) is 0.0241. The molecule has 2 unspecified atom stereocenters. The maximum absolute atomic E-state index is 13.5. The molecule has 0 aliphatic carbocycles. The number of amides is 2. The Balaban J connectivity index is 1.06. The van der Waals surface area contributed by atoms with Gasteiger partial charge in [-0.3, -0.25) is 30.0 Å². The number of hydrogen-bond acceptors (Lipinski definition) is 10. The number of pyridine rings is 2. The molecule has 0 saturated carbocycles. The van der Waals surface area contributed by atoms with Gasteiger partial charge in [0, 0.05) is 60.9 Å². The molecular formula is C42H30Cl8N10O6. The van der Waals surface area contributed by atoms with Crippen molar-refractivity contribution in [2.45, 2.75) is 25.2 Å². The largest absolute Gasteiger partial charge is 0.507 e. The number of H-pyrrole nitrogens is 2. The number of hydrazone groups is 2. The smallest absolute Gasteiger partial charge is 0.255 e. The molecule has 8 N–H and O–H groups in total. The Morgan fingerprint density at radius 1 is 0.545 bits per heavy atom. The highest BCUT2D eigenvalue weighted by atomic mass is 35.5. The minimum Gasteiger partial charge on any atom is -0.507 e. The average Bonchev–Trinajstić information content (AvgIpc) is 3.83. The van der Waals surface area contributed by atoms with Crippen LogP contribution in [0.2, 0.25) is 40.2 Å². The summed E-state index contributed by atoms with van der Waals surface area (Å²) >= 11 is 51.4. The SMILES string of the molecule is O=C1NC(N/N=C(\Cc2c(O)c3ccccc3[nH]c2=O)N2CCN(/C(Cc3c(O)c4ccccc4[nH]c3=O)=N/NC3NC(=O)c4c(Cl)c(Cl)c(Cl)c(Cl)c43)CC2)c2c(Cl)c(Cl)c(Cl)c(Cl)c21. The highest BCUT2D eigenvalue weighted by Crippen LogP contribution is 2.47. The molecule has 2 amide bonds. The number of amidine groups is 2. The first-order valence-electron chi connectivity index (χ1n) is 19.7. The van der Waals surface area contributed by atoms with E-state index in [0.717, 1.165) is 0 Å². The number of nitrogens with one attached hydrogen (secondary N) is 6. The van der Waals surface area contributed by atoms with Crippen LogP contribution < -0.4 is 32.6 Å². The van der Waals surface area contributed by atoms with Gasteiger partial charge in [-0.25, -0.2) is 0 Å². The summed E-state index contributed by atoms with van der Waals surface area (Å²) in [6.45, 7) is 0.857. The van der Waals surface area contributed by atoms with Crippen LogP contribution in [-0.4, -0.2) is 79.6 Å². The summed E-state index contributed by atoms with van der Waals surface area (Å²) in [7, 11) is 0. The Bertz CT molecular complexity index is 3050. The maximum atomic E-state index is 13.5. The molecule has 0 radical (unpaired) electrons. The van der Waals surface area contributed by atoms with E-state index < -0.39 is 35.3 Å². The molecule has 2 atom stereocenters. The van der Waals surface area contributed by atoms with Crippen LogP contribution in [0.3, 0.4) is 0 Å². The van der Waals surface area contributed by atoms with E-state index in [2.05, 4.69) is 31.5 Å². The number of carbonyl (C=O) groups excluding carboxylic acids is 2. The van der Waals surface area contributed by atoms with Gasteiger partial charge in [-0.1, -0.05) is 117 Å². The van der Waals surface area contributed by atoms with E-state index in [1.165, 1.54) is 0 Å². The highest BCUT2D eigenvalue weighted by molar-refractivity contribution is 6.54. The molecule has 3 aliphatic rings. The summed E-state index contributed by atoms with van der Waals surface area (Å²) < 4.78 is 0. The fraction of sp³-hybridized carbons (Fsp3) is 0.190. The van der Waals surface area contributed by atoms with Gasteiger partial charge in [0.25, 0.3) is 22.9 Å². The van der Waals surface area contributed by atoms with E-state index in [1.807, 2.05) is 9.80 Å². The van der Waals surface area contributed by atoms with Crippen molar-refractivity contribution >= 4 is 138 Å². The van der Waals surface area contributed by atoms with E-state index in [1.54, 1.807) is 48.5 Å². The topological polar surface area (TPSA) is 220 Å². The van der Waals surface area contributed by atoms with E-state index >= 15 is 0 Å². The van der Waals surface area contributed by atoms with Gasteiger partial charge in [0.05, 0.1) is 73.5 Å². The first-order valence-corrected chi connectivity index (χ1v) is 22.7. The number of para-hydroxylation sites is 2. The van der Waals surface area contributed by atoms with Crippen molar-refractivity contribution in [3.05, 3.63) is 143 Å². The summed E-state index contributed by atoms with van der Waals surface area (Å²) in [5.41, 5.74) is 6.08. The zero-order valence-electron chi connectivity index (χ0n) is 33.4. The van der Waals surface area contributed by atoms with Gasteiger partial charge >= 0.3 is 0 Å². The summed E-state index contributed by atoms with van der Waals surface area (Å²) in [4.78, 5) is 62.7. The number of hydrogen-bond donors (Lipinski definition) is 8. The fourth-order valence-electron chi connectivity index (χ4n) is 8.15. The molecule has 6 aromatic rings. The molecule has 66 heavy (non-hydrogen) atoms. The average molecular weight is 1050 g/mol. The van der Waals surface area contributed by atoms with Crippen molar-refractivity contribution in [1.29, 1.82) is 0 Å². The predicted molar refractivity (Wildman–Crippen MR) is 258 cm³/mol. The molecule has 4 aromatic carbocycles. The Morgan fingerprint density at radius 2 is 0.894 bits per heavy atom. The first-order chi connectivity index (χ1) is 31.5. The Hall–Kier alpha value is -5.30. The maximum Gasteiger partial charge on any atom is 0.255 e. The van der Waals surface area contributed by atoms with Crippen molar-refractivity contribution in [3.8, 4) is 11.5 Å². The van der Waals surface area contributed by atoms with E-state index in [-0.39, 0.29) is 136 Å². The number of carbonyl (C=O) groups is 2.